The molecule has 0 aliphatic carbocycles. The molecule has 0 saturated heterocycles. The van der Waals surface area contributed by atoms with Gasteiger partial charge in [-0.3, -0.25) is 0 Å². The number of nitrogens with zero attached hydrogens (tertiary/aromatic N) is 1. The van der Waals surface area contributed by atoms with Crippen molar-refractivity contribution in [2.24, 2.45) is 5.73 Å². The van der Waals surface area contributed by atoms with Crippen molar-refractivity contribution in [3.8, 4) is 6.19 Å². The molecule has 1 aromatic rings. The van der Waals surface area contributed by atoms with Crippen LogP contribution in [0, 0.1) is 11.5 Å². The molecule has 10 heavy (non-hydrogen) atoms. The van der Waals surface area contributed by atoms with Crippen LogP contribution >= 0.6 is 0 Å². The zero-order chi connectivity index (χ0) is 7.82. The largest absolute Gasteiger partial charge is 0.399 e. The minimum atomic E-state index is 0.822. The Morgan fingerprint density at radius 1 is 1.20 bits per heavy atom. The molecule has 0 atom stereocenters. The summed E-state index contributed by atoms with van der Waals surface area (Å²) in [7, 11) is 0. The molecule has 0 spiro atoms. The second kappa shape index (κ2) is 5.45. The SMILES string of the molecule is N#CN.Nc1ccccc1. The molecule has 0 aliphatic heterocycles. The summed E-state index contributed by atoms with van der Waals surface area (Å²) in [5.74, 6) is 0. The van der Waals surface area contributed by atoms with Crippen LogP contribution in [0.1, 0.15) is 0 Å². The van der Waals surface area contributed by atoms with E-state index in [1.54, 1.807) is 0 Å². The minimum absolute atomic E-state index is 0.822. The van der Waals surface area contributed by atoms with Crippen LogP contribution in [0.3, 0.4) is 0 Å². The number of nitrogen functional groups attached to an aromatic ring is 1. The van der Waals surface area contributed by atoms with Gasteiger partial charge in [-0.2, -0.15) is 5.26 Å². The number of nitrogens with two attached hydrogens (primary N) is 2. The maximum Gasteiger partial charge on any atom is 0.173 e. The Hall–Kier alpha value is -1.69. The van der Waals surface area contributed by atoms with E-state index in [4.69, 9.17) is 11.0 Å². The Bertz CT molecular complexity index is 200. The Kier molecular flexibility index (Phi) is 4.53. The summed E-state index contributed by atoms with van der Waals surface area (Å²) in [6.45, 7) is 0. The van der Waals surface area contributed by atoms with Gasteiger partial charge in [0.2, 0.25) is 0 Å². The van der Waals surface area contributed by atoms with Gasteiger partial charge < -0.3 is 11.5 Å². The van der Waals surface area contributed by atoms with Gasteiger partial charge in [-0.1, -0.05) is 18.2 Å². The molecule has 3 nitrogen and oxygen atoms in total. The molecule has 4 N–H and O–H groups in total. The lowest BCUT2D eigenvalue weighted by molar-refractivity contribution is 1.45. The molecule has 0 unspecified atom stereocenters. The molecule has 0 heterocycles. The molecule has 52 valence electrons. The summed E-state index contributed by atoms with van der Waals surface area (Å²) >= 11 is 0. The van der Waals surface area contributed by atoms with Crippen LogP contribution in [0.15, 0.2) is 30.3 Å². The van der Waals surface area contributed by atoms with Gasteiger partial charge in [-0.05, 0) is 12.1 Å². The topological polar surface area (TPSA) is 75.8 Å². The summed E-state index contributed by atoms with van der Waals surface area (Å²) < 4.78 is 0. The van der Waals surface area contributed by atoms with Crippen LogP contribution in [0.25, 0.3) is 0 Å². The number of nitriles is 1. The normalized spacial score (nSPS) is 6.70. The molecular formula is C7H9N3. The molecular weight excluding hydrogens is 126 g/mol. The predicted molar refractivity (Wildman–Crippen MR) is 40.7 cm³/mol. The van der Waals surface area contributed by atoms with Crippen molar-refractivity contribution in [1.29, 1.82) is 5.26 Å². The van der Waals surface area contributed by atoms with Gasteiger partial charge in [0.15, 0.2) is 6.19 Å². The Labute approximate surface area is 59.9 Å². The van der Waals surface area contributed by atoms with E-state index in [0.717, 1.165) is 5.69 Å². The van der Waals surface area contributed by atoms with Crippen LogP contribution in [0.5, 0.6) is 0 Å². The Balaban J connectivity index is 0.000000236. The van der Waals surface area contributed by atoms with Gasteiger partial charge in [0.1, 0.15) is 0 Å². The molecule has 1 aromatic carbocycles. The monoisotopic (exact) mass is 135 g/mol. The van der Waals surface area contributed by atoms with Gasteiger partial charge in [-0.25, -0.2) is 0 Å². The lowest BCUT2D eigenvalue weighted by atomic mass is 10.3. The number of anilines is 1. The quantitative estimate of drug-likeness (QED) is 0.312. The average molecular weight is 135 g/mol. The van der Waals surface area contributed by atoms with Crippen LogP contribution < -0.4 is 11.5 Å². The van der Waals surface area contributed by atoms with E-state index in [0.29, 0.717) is 0 Å². The first-order chi connectivity index (χ1) is 4.81. The standard InChI is InChI=1S/C6H7N.CH2N2/c7-6-4-2-1-3-5-6;2-1-3/h1-5H,7H2;2H2. The van der Waals surface area contributed by atoms with E-state index < -0.39 is 0 Å². The average Bonchev–Trinajstić information content (AvgIpc) is 1.91. The molecule has 0 aliphatic rings. The molecule has 0 radical (unpaired) electrons. The zero-order valence-corrected chi connectivity index (χ0v) is 5.49. The fourth-order valence-electron chi connectivity index (χ4n) is 0.453. The summed E-state index contributed by atoms with van der Waals surface area (Å²) in [6, 6.07) is 9.49. The van der Waals surface area contributed by atoms with Gasteiger partial charge in [0.25, 0.3) is 0 Å². The van der Waals surface area contributed by atoms with E-state index in [1.807, 2.05) is 30.3 Å². The summed E-state index contributed by atoms with van der Waals surface area (Å²) in [5.41, 5.74) is 10.3. The number of benzene rings is 1. The third-order valence-electron chi connectivity index (χ3n) is 0.800. The first-order valence-corrected chi connectivity index (χ1v) is 2.71. The first-order valence-electron chi connectivity index (χ1n) is 2.71. The molecule has 0 saturated carbocycles. The fourth-order valence-corrected chi connectivity index (χ4v) is 0.453. The minimum Gasteiger partial charge on any atom is -0.399 e. The number of hydrogen-bond acceptors (Lipinski definition) is 3. The van der Waals surface area contributed by atoms with E-state index in [2.05, 4.69) is 5.73 Å². The maximum atomic E-state index is 7.10. The molecule has 0 bridgehead atoms. The lowest BCUT2D eigenvalue weighted by Gasteiger charge is -1.83. The first kappa shape index (κ1) is 8.31. The van der Waals surface area contributed by atoms with Crippen molar-refractivity contribution in [3.63, 3.8) is 0 Å². The van der Waals surface area contributed by atoms with E-state index in [9.17, 15) is 0 Å². The third kappa shape index (κ3) is 4.47. The molecule has 0 amide bonds. The van der Waals surface area contributed by atoms with Crippen LogP contribution in [-0.4, -0.2) is 0 Å². The van der Waals surface area contributed by atoms with E-state index in [-0.39, 0.29) is 0 Å². The van der Waals surface area contributed by atoms with Crippen molar-refractivity contribution in [2.45, 2.75) is 0 Å². The lowest BCUT2D eigenvalue weighted by Crippen LogP contribution is -1.79. The fraction of sp³-hybridized carbons (Fsp3) is 0. The number of rotatable bonds is 0. The maximum absolute atomic E-state index is 7.10. The summed E-state index contributed by atoms with van der Waals surface area (Å²) in [5, 5.41) is 7.10. The summed E-state index contributed by atoms with van der Waals surface area (Å²) in [6.07, 6.45) is 1.25. The Morgan fingerprint density at radius 2 is 1.60 bits per heavy atom. The van der Waals surface area contributed by atoms with Crippen LogP contribution in [0.2, 0.25) is 0 Å². The highest BCUT2D eigenvalue weighted by atomic mass is 14.5. The van der Waals surface area contributed by atoms with E-state index >= 15 is 0 Å². The van der Waals surface area contributed by atoms with Crippen molar-refractivity contribution >= 4 is 5.69 Å². The number of hydrogen-bond donors (Lipinski definition) is 2. The van der Waals surface area contributed by atoms with E-state index in [1.165, 1.54) is 6.19 Å². The Morgan fingerprint density at radius 3 is 1.80 bits per heavy atom. The second-order valence-electron chi connectivity index (χ2n) is 1.54. The zero-order valence-electron chi connectivity index (χ0n) is 5.49. The van der Waals surface area contributed by atoms with Gasteiger partial charge >= 0.3 is 0 Å². The predicted octanol–water partition coefficient (Wildman–Crippen LogP) is 0.695. The van der Waals surface area contributed by atoms with Crippen molar-refractivity contribution < 1.29 is 0 Å². The van der Waals surface area contributed by atoms with Gasteiger partial charge in [-0.15, -0.1) is 0 Å². The van der Waals surface area contributed by atoms with Crippen LogP contribution in [0.4, 0.5) is 5.69 Å². The van der Waals surface area contributed by atoms with Gasteiger partial charge in [0, 0.05) is 5.69 Å². The highest BCUT2D eigenvalue weighted by Crippen LogP contribution is 1.95. The number of para-hydroxylation sites is 1. The highest BCUT2D eigenvalue weighted by molar-refractivity contribution is 5.35. The second-order valence-corrected chi connectivity index (χ2v) is 1.54. The van der Waals surface area contributed by atoms with Crippen molar-refractivity contribution in [2.75, 3.05) is 5.73 Å². The summed E-state index contributed by atoms with van der Waals surface area (Å²) in [4.78, 5) is 0. The third-order valence-corrected chi connectivity index (χ3v) is 0.800. The smallest absolute Gasteiger partial charge is 0.173 e. The van der Waals surface area contributed by atoms with Crippen LogP contribution in [-0.2, 0) is 0 Å². The van der Waals surface area contributed by atoms with Crippen molar-refractivity contribution in [1.82, 2.24) is 0 Å². The molecule has 0 aromatic heterocycles. The molecule has 1 rings (SSSR count). The highest BCUT2D eigenvalue weighted by Gasteiger charge is 1.72. The van der Waals surface area contributed by atoms with Gasteiger partial charge in [0.05, 0.1) is 0 Å². The molecule has 0 fully saturated rings. The molecule has 3 heteroatoms. The van der Waals surface area contributed by atoms with Crippen molar-refractivity contribution in [3.05, 3.63) is 30.3 Å².